The number of carbonyl (C=O) groups excluding carboxylic acids is 1. The molecule has 0 heterocycles. The smallest absolute Gasteiger partial charge is 0.226 e. The van der Waals surface area contributed by atoms with E-state index in [1.54, 1.807) is 12.1 Å². The van der Waals surface area contributed by atoms with Crippen molar-refractivity contribution in [3.05, 3.63) is 86.9 Å². The number of halogens is 1. The van der Waals surface area contributed by atoms with Crippen LogP contribution in [0.5, 0.6) is 0 Å². The molecule has 25 heavy (non-hydrogen) atoms. The average molecular weight is 356 g/mol. The summed E-state index contributed by atoms with van der Waals surface area (Å²) in [6.07, 6.45) is 3.35. The molecule has 0 aliphatic heterocycles. The molecule has 2 aromatic rings. The third-order valence-electron chi connectivity index (χ3n) is 4.74. The van der Waals surface area contributed by atoms with E-state index in [0.717, 1.165) is 23.0 Å². The maximum absolute atomic E-state index is 11.8. The van der Waals surface area contributed by atoms with Crippen molar-refractivity contribution >= 4 is 23.5 Å². The highest BCUT2D eigenvalue weighted by Crippen LogP contribution is 2.42. The fourth-order valence-corrected chi connectivity index (χ4v) is 3.82. The first kappa shape index (κ1) is 17.4. The number of allylic oxidation sites excluding steroid dienone is 1. The molecule has 0 saturated heterocycles. The van der Waals surface area contributed by atoms with Gasteiger partial charge < -0.3 is 4.79 Å². The number of nitrogens with zero attached hydrogens (tertiary/aromatic N) is 1. The molecule has 2 aromatic carbocycles. The summed E-state index contributed by atoms with van der Waals surface area (Å²) in [7, 11) is 0. The summed E-state index contributed by atoms with van der Waals surface area (Å²) in [6, 6.07) is 16.2. The van der Waals surface area contributed by atoms with Crippen LogP contribution in [0.25, 0.3) is 5.57 Å². The Balaban J connectivity index is 2.07. The van der Waals surface area contributed by atoms with Crippen LogP contribution in [0.4, 0.5) is 0 Å². The van der Waals surface area contributed by atoms with E-state index in [4.69, 9.17) is 11.6 Å². The Bertz CT molecular complexity index is 804. The van der Waals surface area contributed by atoms with Crippen molar-refractivity contribution in [3.8, 4) is 0 Å². The maximum atomic E-state index is 11.8. The third-order valence-corrected chi connectivity index (χ3v) is 4.97. The fraction of sp³-hybridized carbons (Fsp3) is 0.250. The van der Waals surface area contributed by atoms with Gasteiger partial charge >= 0.3 is 0 Å². The van der Waals surface area contributed by atoms with Crippen molar-refractivity contribution in [2.75, 3.05) is 0 Å². The normalized spacial score (nSPS) is 22.9. The van der Waals surface area contributed by atoms with Gasteiger partial charge in [0, 0.05) is 16.4 Å². The van der Waals surface area contributed by atoms with Gasteiger partial charge in [-0.3, -0.25) is 10.1 Å². The van der Waals surface area contributed by atoms with Crippen LogP contribution in [0.15, 0.2) is 60.7 Å². The number of carbonyl (C=O) groups is 1. The zero-order valence-electron chi connectivity index (χ0n) is 13.5. The molecule has 0 unspecified atom stereocenters. The van der Waals surface area contributed by atoms with Gasteiger partial charge in [0.05, 0.1) is 11.8 Å². The molecular formula is C20H18ClNO3. The number of hydrogen-bond donors (Lipinski definition) is 0. The molecule has 5 heteroatoms. The predicted molar refractivity (Wildman–Crippen MR) is 98.2 cm³/mol. The Morgan fingerprint density at radius 2 is 1.92 bits per heavy atom. The standard InChI is InChI=1S/C20H18ClNO3/c21-18-8-4-7-15(12-18)19-13-17(14-5-2-1-3-6-14)11-16(9-10-23)20(19)22(24)25/h1-8,10-12,16,19-20H,9,13H2/t16-,19-,20+/m1/s1. The van der Waals surface area contributed by atoms with E-state index >= 15 is 0 Å². The molecule has 0 fully saturated rings. The minimum Gasteiger partial charge on any atom is -0.303 e. The molecule has 0 aromatic heterocycles. The van der Waals surface area contributed by atoms with Crippen LogP contribution in [0.3, 0.4) is 0 Å². The van der Waals surface area contributed by atoms with Gasteiger partial charge in [0.25, 0.3) is 0 Å². The molecule has 3 atom stereocenters. The van der Waals surface area contributed by atoms with Crippen molar-refractivity contribution in [1.29, 1.82) is 0 Å². The fourth-order valence-electron chi connectivity index (χ4n) is 3.62. The minimum atomic E-state index is -0.837. The van der Waals surface area contributed by atoms with Gasteiger partial charge in [-0.1, -0.05) is 60.1 Å². The lowest BCUT2D eigenvalue weighted by Gasteiger charge is -2.31. The van der Waals surface area contributed by atoms with Gasteiger partial charge in [0.15, 0.2) is 0 Å². The second-order valence-corrected chi connectivity index (χ2v) is 6.70. The first-order valence-electron chi connectivity index (χ1n) is 8.19. The molecule has 0 saturated carbocycles. The van der Waals surface area contributed by atoms with Gasteiger partial charge in [-0.2, -0.15) is 0 Å². The molecule has 0 spiro atoms. The van der Waals surface area contributed by atoms with Crippen LogP contribution in [-0.2, 0) is 4.79 Å². The van der Waals surface area contributed by atoms with Crippen LogP contribution >= 0.6 is 11.6 Å². The lowest BCUT2D eigenvalue weighted by atomic mass is 9.72. The summed E-state index contributed by atoms with van der Waals surface area (Å²) in [6.45, 7) is 0. The minimum absolute atomic E-state index is 0.138. The van der Waals surface area contributed by atoms with Crippen LogP contribution in [0.1, 0.15) is 29.9 Å². The van der Waals surface area contributed by atoms with E-state index in [0.29, 0.717) is 11.4 Å². The quantitative estimate of drug-likeness (QED) is 0.441. The van der Waals surface area contributed by atoms with E-state index in [1.807, 2.05) is 48.5 Å². The summed E-state index contributed by atoms with van der Waals surface area (Å²) < 4.78 is 0. The van der Waals surface area contributed by atoms with Crippen molar-refractivity contribution in [1.82, 2.24) is 0 Å². The van der Waals surface area contributed by atoms with Gasteiger partial charge in [-0.25, -0.2) is 0 Å². The topological polar surface area (TPSA) is 60.2 Å². The highest BCUT2D eigenvalue weighted by atomic mass is 35.5. The van der Waals surface area contributed by atoms with E-state index in [9.17, 15) is 14.9 Å². The van der Waals surface area contributed by atoms with Crippen LogP contribution in [0, 0.1) is 16.0 Å². The number of nitro groups is 1. The molecule has 4 nitrogen and oxygen atoms in total. The molecule has 1 aliphatic rings. The van der Waals surface area contributed by atoms with Crippen LogP contribution in [0.2, 0.25) is 5.02 Å². The largest absolute Gasteiger partial charge is 0.303 e. The molecule has 3 rings (SSSR count). The summed E-state index contributed by atoms with van der Waals surface area (Å²) in [4.78, 5) is 22.6. The van der Waals surface area contributed by atoms with Gasteiger partial charge in [0.1, 0.15) is 6.29 Å². The monoisotopic (exact) mass is 355 g/mol. The summed E-state index contributed by atoms with van der Waals surface area (Å²) in [5, 5.41) is 12.3. The van der Waals surface area contributed by atoms with E-state index < -0.39 is 12.0 Å². The Morgan fingerprint density at radius 3 is 2.56 bits per heavy atom. The summed E-state index contributed by atoms with van der Waals surface area (Å²) in [5.41, 5.74) is 2.91. The first-order valence-corrected chi connectivity index (χ1v) is 8.56. The second kappa shape index (κ2) is 7.62. The van der Waals surface area contributed by atoms with Crippen molar-refractivity contribution in [2.24, 2.45) is 5.92 Å². The van der Waals surface area contributed by atoms with Crippen LogP contribution in [-0.4, -0.2) is 17.3 Å². The third kappa shape index (κ3) is 3.80. The highest BCUT2D eigenvalue weighted by Gasteiger charge is 2.42. The summed E-state index contributed by atoms with van der Waals surface area (Å²) >= 11 is 6.10. The SMILES string of the molecule is O=CC[C@@H]1C=C(c2ccccc2)C[C@H](c2cccc(Cl)c2)[C@H]1[N+](=O)[O-]. The first-order chi connectivity index (χ1) is 12.1. The lowest BCUT2D eigenvalue weighted by Crippen LogP contribution is -2.37. The number of hydrogen-bond acceptors (Lipinski definition) is 3. The molecule has 0 amide bonds. The Labute approximate surface area is 151 Å². The average Bonchev–Trinajstić information content (AvgIpc) is 2.62. The number of rotatable bonds is 5. The van der Waals surface area contributed by atoms with Crippen LogP contribution < -0.4 is 0 Å². The number of benzene rings is 2. The van der Waals surface area contributed by atoms with E-state index in [-0.39, 0.29) is 17.3 Å². The highest BCUT2D eigenvalue weighted by molar-refractivity contribution is 6.30. The van der Waals surface area contributed by atoms with Gasteiger partial charge in [0.2, 0.25) is 6.04 Å². The van der Waals surface area contributed by atoms with E-state index in [2.05, 4.69) is 0 Å². The van der Waals surface area contributed by atoms with Crippen molar-refractivity contribution in [2.45, 2.75) is 24.8 Å². The Morgan fingerprint density at radius 1 is 1.16 bits per heavy atom. The molecule has 0 bridgehead atoms. The zero-order valence-corrected chi connectivity index (χ0v) is 14.3. The Hall–Kier alpha value is -2.46. The van der Waals surface area contributed by atoms with E-state index in [1.165, 1.54) is 0 Å². The second-order valence-electron chi connectivity index (χ2n) is 6.27. The number of aldehydes is 1. The maximum Gasteiger partial charge on any atom is 0.226 e. The molecule has 1 aliphatic carbocycles. The lowest BCUT2D eigenvalue weighted by molar-refractivity contribution is -0.534. The van der Waals surface area contributed by atoms with Gasteiger partial charge in [-0.05, 0) is 35.3 Å². The predicted octanol–water partition coefficient (Wildman–Crippen LogP) is 4.76. The molecule has 0 radical (unpaired) electrons. The molecule has 0 N–H and O–H groups in total. The molecule has 128 valence electrons. The molecular weight excluding hydrogens is 338 g/mol. The Kier molecular flexibility index (Phi) is 5.29. The van der Waals surface area contributed by atoms with Crippen molar-refractivity contribution < 1.29 is 9.72 Å². The zero-order chi connectivity index (χ0) is 17.8. The summed E-state index contributed by atoms with van der Waals surface area (Å²) in [5.74, 6) is -0.751. The van der Waals surface area contributed by atoms with Crippen molar-refractivity contribution in [3.63, 3.8) is 0 Å². The van der Waals surface area contributed by atoms with Gasteiger partial charge in [-0.15, -0.1) is 0 Å².